The molecule has 0 aromatic heterocycles. The SMILES string of the molecule is O=C(O)C1CN(C(=O)C2OCCc3ccccc32)CC1c1ccccc1. The Balaban J connectivity index is 1.59. The second kappa shape index (κ2) is 6.92. The van der Waals surface area contributed by atoms with Crippen molar-refractivity contribution in [3.8, 4) is 0 Å². The summed E-state index contributed by atoms with van der Waals surface area (Å²) in [5.74, 6) is -1.79. The van der Waals surface area contributed by atoms with Crippen molar-refractivity contribution in [2.45, 2.75) is 18.4 Å². The summed E-state index contributed by atoms with van der Waals surface area (Å²) in [5, 5.41) is 9.64. The fourth-order valence-corrected chi connectivity index (χ4v) is 4.04. The van der Waals surface area contributed by atoms with Crippen molar-refractivity contribution in [1.82, 2.24) is 4.90 Å². The number of ether oxygens (including phenoxy) is 1. The summed E-state index contributed by atoms with van der Waals surface area (Å²) in [5.41, 5.74) is 2.99. The molecule has 2 aliphatic heterocycles. The highest BCUT2D eigenvalue weighted by molar-refractivity contribution is 5.85. The monoisotopic (exact) mass is 351 g/mol. The van der Waals surface area contributed by atoms with Crippen molar-refractivity contribution >= 4 is 11.9 Å². The van der Waals surface area contributed by atoms with Crippen LogP contribution in [0, 0.1) is 5.92 Å². The molecule has 134 valence electrons. The molecule has 2 aromatic carbocycles. The zero-order valence-corrected chi connectivity index (χ0v) is 14.4. The topological polar surface area (TPSA) is 66.8 Å². The molecule has 0 bridgehead atoms. The third kappa shape index (κ3) is 2.99. The number of carboxylic acids is 1. The molecule has 26 heavy (non-hydrogen) atoms. The molecule has 0 spiro atoms. The number of likely N-dealkylation sites (tertiary alicyclic amines) is 1. The molecule has 5 nitrogen and oxygen atoms in total. The second-order valence-corrected chi connectivity index (χ2v) is 6.90. The van der Waals surface area contributed by atoms with Crippen molar-refractivity contribution < 1.29 is 19.4 Å². The van der Waals surface area contributed by atoms with Crippen LogP contribution in [0.3, 0.4) is 0 Å². The molecule has 5 heteroatoms. The van der Waals surface area contributed by atoms with Gasteiger partial charge < -0.3 is 14.7 Å². The van der Waals surface area contributed by atoms with Crippen LogP contribution in [-0.4, -0.2) is 41.6 Å². The molecule has 1 amide bonds. The fourth-order valence-electron chi connectivity index (χ4n) is 4.04. The van der Waals surface area contributed by atoms with Crippen molar-refractivity contribution in [2.24, 2.45) is 5.92 Å². The summed E-state index contributed by atoms with van der Waals surface area (Å²) < 4.78 is 5.78. The number of hydrogen-bond donors (Lipinski definition) is 1. The van der Waals surface area contributed by atoms with Gasteiger partial charge in [-0.05, 0) is 23.1 Å². The van der Waals surface area contributed by atoms with Crippen molar-refractivity contribution in [2.75, 3.05) is 19.7 Å². The lowest BCUT2D eigenvalue weighted by Crippen LogP contribution is -2.37. The van der Waals surface area contributed by atoms with E-state index in [9.17, 15) is 14.7 Å². The van der Waals surface area contributed by atoms with E-state index in [4.69, 9.17) is 4.74 Å². The number of hydrogen-bond acceptors (Lipinski definition) is 3. The molecule has 2 aliphatic rings. The first-order valence-corrected chi connectivity index (χ1v) is 8.91. The summed E-state index contributed by atoms with van der Waals surface area (Å²) in [6, 6.07) is 17.4. The van der Waals surface area contributed by atoms with Gasteiger partial charge in [-0.1, -0.05) is 54.6 Å². The molecule has 1 saturated heterocycles. The Kier molecular flexibility index (Phi) is 4.47. The van der Waals surface area contributed by atoms with E-state index in [2.05, 4.69) is 0 Å². The molecular weight excluding hydrogens is 330 g/mol. The molecule has 0 aliphatic carbocycles. The molecule has 0 saturated carbocycles. The Bertz CT molecular complexity index is 820. The highest BCUT2D eigenvalue weighted by atomic mass is 16.5. The van der Waals surface area contributed by atoms with Gasteiger partial charge in [-0.2, -0.15) is 0 Å². The van der Waals surface area contributed by atoms with Gasteiger partial charge in [0, 0.05) is 19.0 Å². The van der Waals surface area contributed by atoms with Crippen LogP contribution in [0.1, 0.15) is 28.7 Å². The summed E-state index contributed by atoms with van der Waals surface area (Å²) in [6.45, 7) is 1.13. The van der Waals surface area contributed by atoms with Crippen LogP contribution in [0.15, 0.2) is 54.6 Å². The Morgan fingerprint density at radius 2 is 1.73 bits per heavy atom. The first-order chi connectivity index (χ1) is 12.6. The van der Waals surface area contributed by atoms with E-state index in [0.717, 1.165) is 23.1 Å². The van der Waals surface area contributed by atoms with Gasteiger partial charge in [0.05, 0.1) is 12.5 Å². The largest absolute Gasteiger partial charge is 0.481 e. The zero-order valence-electron chi connectivity index (χ0n) is 14.4. The summed E-state index contributed by atoms with van der Waals surface area (Å²) in [6.07, 6.45) is 0.161. The maximum atomic E-state index is 13.1. The fraction of sp³-hybridized carbons (Fsp3) is 0.333. The number of benzene rings is 2. The third-order valence-corrected chi connectivity index (χ3v) is 5.39. The average Bonchev–Trinajstić information content (AvgIpc) is 3.13. The molecule has 3 atom stereocenters. The normalized spacial score (nSPS) is 24.9. The van der Waals surface area contributed by atoms with Gasteiger partial charge in [-0.15, -0.1) is 0 Å². The number of carboxylic acid groups (broad SMARTS) is 1. The van der Waals surface area contributed by atoms with E-state index in [-0.39, 0.29) is 18.4 Å². The summed E-state index contributed by atoms with van der Waals surface area (Å²) in [7, 11) is 0. The molecule has 1 N–H and O–H groups in total. The number of carbonyl (C=O) groups excluding carboxylic acids is 1. The number of fused-ring (bicyclic) bond motifs is 1. The minimum Gasteiger partial charge on any atom is -0.481 e. The van der Waals surface area contributed by atoms with Crippen molar-refractivity contribution in [1.29, 1.82) is 0 Å². The van der Waals surface area contributed by atoms with Gasteiger partial charge in [0.1, 0.15) is 0 Å². The molecule has 0 radical (unpaired) electrons. The predicted molar refractivity (Wildman–Crippen MR) is 95.7 cm³/mol. The van der Waals surface area contributed by atoms with Gasteiger partial charge in [-0.25, -0.2) is 0 Å². The van der Waals surface area contributed by atoms with Crippen molar-refractivity contribution in [3.05, 3.63) is 71.3 Å². The minimum atomic E-state index is -0.862. The first-order valence-electron chi connectivity index (χ1n) is 8.91. The highest BCUT2D eigenvalue weighted by Crippen LogP contribution is 2.36. The number of aliphatic carboxylic acids is 1. The van der Waals surface area contributed by atoms with Crippen LogP contribution >= 0.6 is 0 Å². The van der Waals surface area contributed by atoms with Gasteiger partial charge in [-0.3, -0.25) is 9.59 Å². The van der Waals surface area contributed by atoms with E-state index >= 15 is 0 Å². The highest BCUT2D eigenvalue weighted by Gasteiger charge is 2.43. The van der Waals surface area contributed by atoms with E-state index in [1.165, 1.54) is 0 Å². The number of amides is 1. The number of rotatable bonds is 3. The first kappa shape index (κ1) is 16.8. The minimum absolute atomic E-state index is 0.137. The molecule has 3 unspecified atom stereocenters. The van der Waals surface area contributed by atoms with Crippen LogP contribution in [0.25, 0.3) is 0 Å². The lowest BCUT2D eigenvalue weighted by atomic mass is 9.89. The van der Waals surface area contributed by atoms with Crippen LogP contribution in [0.4, 0.5) is 0 Å². The van der Waals surface area contributed by atoms with Crippen molar-refractivity contribution in [3.63, 3.8) is 0 Å². The van der Waals surface area contributed by atoms with E-state index in [1.807, 2.05) is 54.6 Å². The van der Waals surface area contributed by atoms with Crippen LogP contribution in [0.5, 0.6) is 0 Å². The Hall–Kier alpha value is -2.66. The molecule has 4 rings (SSSR count). The van der Waals surface area contributed by atoms with E-state index < -0.39 is 18.0 Å². The summed E-state index contributed by atoms with van der Waals surface area (Å²) >= 11 is 0. The number of carbonyl (C=O) groups is 2. The second-order valence-electron chi connectivity index (χ2n) is 6.90. The van der Waals surface area contributed by atoms with Gasteiger partial charge in [0.15, 0.2) is 6.10 Å². The van der Waals surface area contributed by atoms with E-state index in [0.29, 0.717) is 13.2 Å². The third-order valence-electron chi connectivity index (χ3n) is 5.39. The quantitative estimate of drug-likeness (QED) is 0.923. The number of nitrogens with zero attached hydrogens (tertiary/aromatic N) is 1. The Morgan fingerprint density at radius 1 is 1.00 bits per heavy atom. The predicted octanol–water partition coefficient (Wildman–Crippen LogP) is 2.63. The van der Waals surface area contributed by atoms with Crippen LogP contribution < -0.4 is 0 Å². The summed E-state index contributed by atoms with van der Waals surface area (Å²) in [4.78, 5) is 26.5. The van der Waals surface area contributed by atoms with Crippen LogP contribution in [-0.2, 0) is 20.7 Å². The lowest BCUT2D eigenvalue weighted by Gasteiger charge is -2.28. The van der Waals surface area contributed by atoms with E-state index in [1.54, 1.807) is 4.90 Å². The molecule has 2 aromatic rings. The van der Waals surface area contributed by atoms with Crippen LogP contribution in [0.2, 0.25) is 0 Å². The molecular formula is C21H21NO4. The average molecular weight is 351 g/mol. The Morgan fingerprint density at radius 3 is 2.50 bits per heavy atom. The zero-order chi connectivity index (χ0) is 18.1. The maximum absolute atomic E-state index is 13.1. The smallest absolute Gasteiger partial charge is 0.308 e. The molecule has 1 fully saturated rings. The van der Waals surface area contributed by atoms with Gasteiger partial charge in [0.25, 0.3) is 5.91 Å². The van der Waals surface area contributed by atoms with Gasteiger partial charge >= 0.3 is 5.97 Å². The molecule has 2 heterocycles. The Labute approximate surface area is 152 Å². The van der Waals surface area contributed by atoms with Gasteiger partial charge in [0.2, 0.25) is 0 Å². The lowest BCUT2D eigenvalue weighted by molar-refractivity contribution is -0.145. The maximum Gasteiger partial charge on any atom is 0.308 e. The standard InChI is InChI=1S/C21H21NO4/c23-20(19-16-9-5-4-8-15(16)10-11-26-19)22-12-17(18(13-22)21(24)25)14-6-2-1-3-7-14/h1-9,17-19H,10-13H2,(H,24,25).